The minimum atomic E-state index is -0.126. The van der Waals surface area contributed by atoms with Gasteiger partial charge in [0.25, 0.3) is 0 Å². The fraction of sp³-hybridized carbons (Fsp3) is 0.364. The van der Waals surface area contributed by atoms with E-state index in [-0.39, 0.29) is 12.1 Å². The molecule has 0 aromatic heterocycles. The Hall–Kier alpha value is -1.03. The molecule has 1 atom stereocenters. The van der Waals surface area contributed by atoms with Crippen LogP contribution >= 0.6 is 15.9 Å². The molecule has 4 heteroatoms. The molecule has 0 bridgehead atoms. The van der Waals surface area contributed by atoms with Crippen molar-refractivity contribution in [2.45, 2.75) is 19.9 Å². The first-order chi connectivity index (χ1) is 7.08. The van der Waals surface area contributed by atoms with Crippen molar-refractivity contribution >= 4 is 27.6 Å². The Morgan fingerprint density at radius 3 is 2.80 bits per heavy atom. The second kappa shape index (κ2) is 3.85. The Morgan fingerprint density at radius 1 is 1.40 bits per heavy atom. The standard InChI is InChI=1S/C11H13BrN2O/c1-6(2)10-8-4-3-7(12)5-9(8)13-11(15)14-10/h3-6,10H,1-2H3,(H2,13,14,15). The Morgan fingerprint density at radius 2 is 2.13 bits per heavy atom. The van der Waals surface area contributed by atoms with Crippen molar-refractivity contribution in [2.75, 3.05) is 5.32 Å². The van der Waals surface area contributed by atoms with E-state index < -0.39 is 0 Å². The summed E-state index contributed by atoms with van der Waals surface area (Å²) in [5.74, 6) is 0.385. The number of halogens is 1. The van der Waals surface area contributed by atoms with Crippen molar-refractivity contribution in [1.29, 1.82) is 0 Å². The smallest absolute Gasteiger partial charge is 0.319 e. The van der Waals surface area contributed by atoms with Crippen LogP contribution in [0, 0.1) is 5.92 Å². The molecule has 3 nitrogen and oxygen atoms in total. The van der Waals surface area contributed by atoms with Crippen LogP contribution in [0.1, 0.15) is 25.5 Å². The Kier molecular flexibility index (Phi) is 2.69. The number of nitrogens with one attached hydrogen (secondary N) is 2. The summed E-state index contributed by atoms with van der Waals surface area (Å²) < 4.78 is 0.978. The van der Waals surface area contributed by atoms with Gasteiger partial charge in [0.1, 0.15) is 0 Å². The summed E-state index contributed by atoms with van der Waals surface area (Å²) in [5.41, 5.74) is 2.04. The van der Waals surface area contributed by atoms with Crippen molar-refractivity contribution in [3.63, 3.8) is 0 Å². The fourth-order valence-electron chi connectivity index (χ4n) is 1.81. The molecule has 80 valence electrons. The zero-order valence-electron chi connectivity index (χ0n) is 8.67. The van der Waals surface area contributed by atoms with E-state index in [9.17, 15) is 4.79 Å². The van der Waals surface area contributed by atoms with Crippen LogP contribution in [0.4, 0.5) is 10.5 Å². The maximum atomic E-state index is 11.4. The first kappa shape index (κ1) is 10.5. The van der Waals surface area contributed by atoms with E-state index in [4.69, 9.17) is 0 Å². The van der Waals surface area contributed by atoms with Gasteiger partial charge >= 0.3 is 6.03 Å². The highest BCUT2D eigenvalue weighted by Crippen LogP contribution is 2.33. The second-order valence-corrected chi connectivity index (χ2v) is 4.97. The van der Waals surface area contributed by atoms with Gasteiger partial charge in [-0.05, 0) is 23.6 Å². The lowest BCUT2D eigenvalue weighted by Gasteiger charge is -2.30. The third-order valence-corrected chi connectivity index (χ3v) is 3.05. The minimum absolute atomic E-state index is 0.0989. The molecule has 1 unspecified atom stereocenters. The molecule has 0 saturated heterocycles. The minimum Gasteiger partial charge on any atom is -0.331 e. The average Bonchev–Trinajstić information content (AvgIpc) is 2.15. The third kappa shape index (κ3) is 2.00. The topological polar surface area (TPSA) is 41.1 Å². The van der Waals surface area contributed by atoms with E-state index in [2.05, 4.69) is 40.4 Å². The van der Waals surface area contributed by atoms with Gasteiger partial charge in [0.05, 0.1) is 6.04 Å². The quantitative estimate of drug-likeness (QED) is 0.807. The zero-order valence-corrected chi connectivity index (χ0v) is 10.3. The van der Waals surface area contributed by atoms with E-state index >= 15 is 0 Å². The zero-order chi connectivity index (χ0) is 11.0. The van der Waals surface area contributed by atoms with E-state index in [1.165, 1.54) is 0 Å². The van der Waals surface area contributed by atoms with Crippen LogP contribution in [0.15, 0.2) is 22.7 Å². The number of fused-ring (bicyclic) bond motifs is 1. The van der Waals surface area contributed by atoms with Crippen LogP contribution in [0.25, 0.3) is 0 Å². The monoisotopic (exact) mass is 268 g/mol. The summed E-state index contributed by atoms with van der Waals surface area (Å²) in [5, 5.41) is 5.73. The molecule has 0 spiro atoms. The Balaban J connectivity index is 2.46. The third-order valence-electron chi connectivity index (χ3n) is 2.55. The number of urea groups is 1. The molecular weight excluding hydrogens is 256 g/mol. The lowest BCUT2D eigenvalue weighted by Crippen LogP contribution is -2.39. The van der Waals surface area contributed by atoms with Gasteiger partial charge in [-0.15, -0.1) is 0 Å². The highest BCUT2D eigenvalue weighted by Gasteiger charge is 2.26. The molecule has 2 rings (SSSR count). The lowest BCUT2D eigenvalue weighted by atomic mass is 9.93. The number of hydrogen-bond acceptors (Lipinski definition) is 1. The molecule has 2 N–H and O–H groups in total. The lowest BCUT2D eigenvalue weighted by molar-refractivity contribution is 0.243. The number of hydrogen-bond donors (Lipinski definition) is 2. The van der Waals surface area contributed by atoms with E-state index in [1.54, 1.807) is 0 Å². The molecule has 1 aromatic carbocycles. The molecular formula is C11H13BrN2O. The number of anilines is 1. The van der Waals surface area contributed by atoms with Crippen LogP contribution in [0.3, 0.4) is 0 Å². The second-order valence-electron chi connectivity index (χ2n) is 4.05. The molecule has 2 amide bonds. The molecule has 0 aliphatic carbocycles. The molecule has 1 aromatic rings. The molecule has 1 aliphatic rings. The van der Waals surface area contributed by atoms with Crippen LogP contribution < -0.4 is 10.6 Å². The molecule has 1 heterocycles. The number of carbonyl (C=O) groups excluding carboxylic acids is 1. The number of rotatable bonds is 1. The summed E-state index contributed by atoms with van der Waals surface area (Å²) in [6.45, 7) is 4.20. The van der Waals surface area contributed by atoms with Gasteiger partial charge in [-0.2, -0.15) is 0 Å². The molecule has 15 heavy (non-hydrogen) atoms. The van der Waals surface area contributed by atoms with E-state index in [0.29, 0.717) is 5.92 Å². The van der Waals surface area contributed by atoms with Gasteiger partial charge in [-0.25, -0.2) is 4.79 Å². The van der Waals surface area contributed by atoms with Crippen LogP contribution in [-0.4, -0.2) is 6.03 Å². The summed E-state index contributed by atoms with van der Waals surface area (Å²) in [6, 6.07) is 5.94. The van der Waals surface area contributed by atoms with Crippen molar-refractivity contribution < 1.29 is 4.79 Å². The highest BCUT2D eigenvalue weighted by atomic mass is 79.9. The van der Waals surface area contributed by atoms with Gasteiger partial charge in [0.15, 0.2) is 0 Å². The van der Waals surface area contributed by atoms with Gasteiger partial charge < -0.3 is 10.6 Å². The summed E-state index contributed by atoms with van der Waals surface area (Å²) in [6.07, 6.45) is 0. The maximum Gasteiger partial charge on any atom is 0.319 e. The van der Waals surface area contributed by atoms with Crippen LogP contribution in [0.5, 0.6) is 0 Å². The van der Waals surface area contributed by atoms with Gasteiger partial charge in [-0.1, -0.05) is 35.8 Å². The van der Waals surface area contributed by atoms with Crippen LogP contribution in [-0.2, 0) is 0 Å². The van der Waals surface area contributed by atoms with Gasteiger partial charge in [0, 0.05) is 10.2 Å². The largest absolute Gasteiger partial charge is 0.331 e. The SMILES string of the molecule is CC(C)C1NC(=O)Nc2cc(Br)ccc21. The molecule has 1 aliphatic heterocycles. The molecule has 0 fully saturated rings. The first-order valence-electron chi connectivity index (χ1n) is 4.95. The van der Waals surface area contributed by atoms with Crippen molar-refractivity contribution in [1.82, 2.24) is 5.32 Å². The van der Waals surface area contributed by atoms with Crippen molar-refractivity contribution in [2.24, 2.45) is 5.92 Å². The molecule has 0 radical (unpaired) electrons. The van der Waals surface area contributed by atoms with Crippen LogP contribution in [0.2, 0.25) is 0 Å². The van der Waals surface area contributed by atoms with E-state index in [0.717, 1.165) is 15.7 Å². The first-order valence-corrected chi connectivity index (χ1v) is 5.74. The number of carbonyl (C=O) groups is 1. The average molecular weight is 269 g/mol. The Bertz CT molecular complexity index is 404. The van der Waals surface area contributed by atoms with Crippen molar-refractivity contribution in [3.8, 4) is 0 Å². The predicted octanol–water partition coefficient (Wildman–Crippen LogP) is 3.28. The van der Waals surface area contributed by atoms with E-state index in [1.807, 2.05) is 18.2 Å². The normalized spacial score (nSPS) is 19.5. The summed E-state index contributed by atoms with van der Waals surface area (Å²) in [7, 11) is 0. The maximum absolute atomic E-state index is 11.4. The highest BCUT2D eigenvalue weighted by molar-refractivity contribution is 9.10. The van der Waals surface area contributed by atoms with Crippen molar-refractivity contribution in [3.05, 3.63) is 28.2 Å². The van der Waals surface area contributed by atoms with Gasteiger partial charge in [-0.3, -0.25) is 0 Å². The fourth-order valence-corrected chi connectivity index (χ4v) is 2.17. The Labute approximate surface area is 97.4 Å². The molecule has 0 saturated carbocycles. The number of benzene rings is 1. The van der Waals surface area contributed by atoms with Gasteiger partial charge in [0.2, 0.25) is 0 Å². The number of amides is 2. The summed E-state index contributed by atoms with van der Waals surface area (Å²) in [4.78, 5) is 11.4. The predicted molar refractivity (Wildman–Crippen MR) is 63.9 cm³/mol. The summed E-state index contributed by atoms with van der Waals surface area (Å²) >= 11 is 3.40.